The van der Waals surface area contributed by atoms with Crippen LogP contribution in [-0.2, 0) is 24.2 Å². The Morgan fingerprint density at radius 1 is 1.15 bits per heavy atom. The normalized spacial score (nSPS) is 25.8. The third-order valence-corrected chi connectivity index (χ3v) is 7.94. The van der Waals surface area contributed by atoms with Crippen LogP contribution in [0.15, 0.2) is 29.1 Å². The molecule has 0 bridgehead atoms. The van der Waals surface area contributed by atoms with E-state index in [4.69, 9.17) is 4.98 Å². The minimum absolute atomic E-state index is 0.0122. The van der Waals surface area contributed by atoms with Crippen LogP contribution >= 0.6 is 0 Å². The molecule has 1 amide bonds. The van der Waals surface area contributed by atoms with E-state index in [1.807, 2.05) is 30.0 Å². The second-order valence-electron chi connectivity index (χ2n) is 10.4. The largest absolute Gasteiger partial charge is 0.332 e. The molecule has 2 aliphatic heterocycles. The topological polar surface area (TPSA) is 69.3 Å². The van der Waals surface area contributed by atoms with Crippen LogP contribution in [0.1, 0.15) is 79.7 Å². The Balaban J connectivity index is 1.31. The number of nitrogens with one attached hydrogen (secondary N) is 1. The molecule has 3 aliphatic rings. The molecule has 2 aromatic rings. The first-order valence-corrected chi connectivity index (χ1v) is 12.7. The quantitative estimate of drug-likeness (QED) is 0.770. The van der Waals surface area contributed by atoms with E-state index in [2.05, 4.69) is 22.9 Å². The maximum atomic E-state index is 13.1. The average Bonchev–Trinajstić information content (AvgIpc) is 3.30. The molecule has 1 aromatic carbocycles. The Morgan fingerprint density at radius 2 is 1.97 bits per heavy atom. The van der Waals surface area contributed by atoms with Gasteiger partial charge in [0.05, 0.1) is 23.7 Å². The minimum atomic E-state index is -0.127. The van der Waals surface area contributed by atoms with Gasteiger partial charge in [0.1, 0.15) is 5.82 Å². The number of nitrogens with zero attached hydrogens (tertiary/aromatic N) is 3. The number of benzene rings is 1. The zero-order valence-corrected chi connectivity index (χ0v) is 20.0. The molecule has 1 aliphatic carbocycles. The van der Waals surface area contributed by atoms with Crippen LogP contribution in [0.3, 0.4) is 0 Å². The first-order chi connectivity index (χ1) is 16.0. The summed E-state index contributed by atoms with van der Waals surface area (Å²) in [5, 5.41) is 0. The fourth-order valence-corrected chi connectivity index (χ4v) is 5.99. The average molecular weight is 449 g/mol. The van der Waals surface area contributed by atoms with Crippen LogP contribution in [0, 0.1) is 12.8 Å². The van der Waals surface area contributed by atoms with Crippen LogP contribution in [0.4, 0.5) is 0 Å². The van der Waals surface area contributed by atoms with Crippen molar-refractivity contribution in [2.24, 2.45) is 5.92 Å². The summed E-state index contributed by atoms with van der Waals surface area (Å²) in [6.45, 7) is 6.80. The molecule has 176 valence electrons. The van der Waals surface area contributed by atoms with Crippen molar-refractivity contribution in [1.82, 2.24) is 19.8 Å². The van der Waals surface area contributed by atoms with Crippen molar-refractivity contribution in [1.29, 1.82) is 0 Å². The molecule has 3 heterocycles. The summed E-state index contributed by atoms with van der Waals surface area (Å²) in [5.74, 6) is 1.61. The van der Waals surface area contributed by atoms with E-state index < -0.39 is 0 Å². The molecule has 5 rings (SSSR count). The molecule has 2 fully saturated rings. The number of aromatic nitrogens is 2. The van der Waals surface area contributed by atoms with Gasteiger partial charge in [0, 0.05) is 32.1 Å². The number of H-pyrrole nitrogens is 1. The minimum Gasteiger partial charge on any atom is -0.332 e. The first-order valence-electron chi connectivity index (χ1n) is 12.7. The van der Waals surface area contributed by atoms with Crippen molar-refractivity contribution in [2.45, 2.75) is 83.8 Å². The molecule has 0 spiro atoms. The Morgan fingerprint density at radius 3 is 2.76 bits per heavy atom. The number of carbonyl (C=O) groups is 1. The second-order valence-corrected chi connectivity index (χ2v) is 10.4. The van der Waals surface area contributed by atoms with Crippen LogP contribution in [0.5, 0.6) is 0 Å². The van der Waals surface area contributed by atoms with E-state index in [-0.39, 0.29) is 17.5 Å². The number of aryl methyl sites for hydroxylation is 1. The van der Waals surface area contributed by atoms with E-state index in [0.29, 0.717) is 24.8 Å². The molecule has 1 saturated heterocycles. The number of likely N-dealkylation sites (tertiary alicyclic amines) is 1. The van der Waals surface area contributed by atoms with Crippen molar-refractivity contribution < 1.29 is 4.79 Å². The molecule has 1 aromatic heterocycles. The van der Waals surface area contributed by atoms with Gasteiger partial charge in [-0.3, -0.25) is 14.5 Å². The van der Waals surface area contributed by atoms with Crippen molar-refractivity contribution in [3.63, 3.8) is 0 Å². The van der Waals surface area contributed by atoms with Gasteiger partial charge in [0.15, 0.2) is 0 Å². The smallest absolute Gasteiger partial charge is 0.255 e. The number of carbonyl (C=O) groups excluding carboxylic acids is 1. The number of aromatic amines is 1. The predicted molar refractivity (Wildman–Crippen MR) is 129 cm³/mol. The maximum Gasteiger partial charge on any atom is 0.255 e. The zero-order valence-electron chi connectivity index (χ0n) is 20.0. The number of hydrogen-bond donors (Lipinski definition) is 1. The summed E-state index contributed by atoms with van der Waals surface area (Å²) >= 11 is 0. The number of hydrogen-bond acceptors (Lipinski definition) is 4. The first kappa shape index (κ1) is 22.3. The fourth-order valence-electron chi connectivity index (χ4n) is 5.99. The van der Waals surface area contributed by atoms with Gasteiger partial charge in [-0.25, -0.2) is 4.98 Å². The molecule has 6 heteroatoms. The van der Waals surface area contributed by atoms with Gasteiger partial charge in [-0.1, -0.05) is 36.8 Å². The van der Waals surface area contributed by atoms with Gasteiger partial charge in [-0.15, -0.1) is 0 Å². The molecule has 1 saturated carbocycles. The summed E-state index contributed by atoms with van der Waals surface area (Å²) in [5.41, 5.74) is 3.96. The molecule has 6 nitrogen and oxygen atoms in total. The molecular weight excluding hydrogens is 412 g/mol. The maximum absolute atomic E-state index is 13.1. The molecule has 1 atom stereocenters. The summed E-state index contributed by atoms with van der Waals surface area (Å²) in [6.07, 6.45) is 8.06. The summed E-state index contributed by atoms with van der Waals surface area (Å²) in [7, 11) is 0. The molecule has 0 radical (unpaired) electrons. The summed E-state index contributed by atoms with van der Waals surface area (Å²) in [4.78, 5) is 38.6. The van der Waals surface area contributed by atoms with Crippen LogP contribution < -0.4 is 5.56 Å². The SMILES string of the molecule is Cc1cccc(CC(=O)N2CCCC2c2nc3c(c(=O)[nH]2)CN(C2CCC(C)CC2)CC3)c1. The van der Waals surface area contributed by atoms with Gasteiger partial charge >= 0.3 is 0 Å². The van der Waals surface area contributed by atoms with Gasteiger partial charge < -0.3 is 9.88 Å². The van der Waals surface area contributed by atoms with Crippen molar-refractivity contribution >= 4 is 5.91 Å². The highest BCUT2D eigenvalue weighted by atomic mass is 16.2. The lowest BCUT2D eigenvalue weighted by Crippen LogP contribution is -2.44. The van der Waals surface area contributed by atoms with E-state index in [9.17, 15) is 9.59 Å². The standard InChI is InChI=1S/C27H36N4O2/c1-18-8-10-21(11-9-18)30-14-12-23-22(17-30)27(33)29-26(28-23)24-7-4-13-31(24)25(32)16-20-6-3-5-19(2)15-20/h3,5-6,15,18,21,24H,4,7-14,16-17H2,1-2H3,(H,28,29,33). The van der Waals surface area contributed by atoms with E-state index in [1.54, 1.807) is 0 Å². The molecular formula is C27H36N4O2. The third kappa shape index (κ3) is 4.77. The Bertz CT molecular complexity index is 1070. The summed E-state index contributed by atoms with van der Waals surface area (Å²) < 4.78 is 0. The highest BCUT2D eigenvalue weighted by Gasteiger charge is 2.34. The van der Waals surface area contributed by atoms with Crippen LogP contribution in [0.25, 0.3) is 0 Å². The lowest BCUT2D eigenvalue weighted by Gasteiger charge is -2.38. The lowest BCUT2D eigenvalue weighted by molar-refractivity contribution is -0.131. The number of amides is 1. The molecule has 1 N–H and O–H groups in total. The predicted octanol–water partition coefficient (Wildman–Crippen LogP) is 3.92. The molecule has 1 unspecified atom stereocenters. The highest BCUT2D eigenvalue weighted by molar-refractivity contribution is 5.79. The Labute approximate surface area is 196 Å². The van der Waals surface area contributed by atoms with E-state index in [0.717, 1.165) is 60.7 Å². The second kappa shape index (κ2) is 9.41. The van der Waals surface area contributed by atoms with Gasteiger partial charge in [0.25, 0.3) is 5.56 Å². The fraction of sp³-hybridized carbons (Fsp3) is 0.593. The third-order valence-electron chi connectivity index (χ3n) is 7.94. The van der Waals surface area contributed by atoms with Gasteiger partial charge in [0.2, 0.25) is 5.91 Å². The van der Waals surface area contributed by atoms with Crippen LogP contribution in [0.2, 0.25) is 0 Å². The summed E-state index contributed by atoms with van der Waals surface area (Å²) in [6, 6.07) is 8.59. The van der Waals surface area contributed by atoms with Crippen molar-refractivity contribution in [3.05, 3.63) is 62.8 Å². The highest BCUT2D eigenvalue weighted by Crippen LogP contribution is 2.32. The van der Waals surface area contributed by atoms with Crippen molar-refractivity contribution in [2.75, 3.05) is 13.1 Å². The lowest BCUT2D eigenvalue weighted by atomic mass is 9.86. The van der Waals surface area contributed by atoms with Crippen LogP contribution in [-0.4, -0.2) is 44.8 Å². The van der Waals surface area contributed by atoms with E-state index >= 15 is 0 Å². The van der Waals surface area contributed by atoms with Gasteiger partial charge in [-0.05, 0) is 56.9 Å². The van der Waals surface area contributed by atoms with Gasteiger partial charge in [-0.2, -0.15) is 0 Å². The Kier molecular flexibility index (Phi) is 6.37. The number of fused-ring (bicyclic) bond motifs is 1. The van der Waals surface area contributed by atoms with Crippen molar-refractivity contribution in [3.8, 4) is 0 Å². The Hall–Kier alpha value is -2.47. The number of rotatable bonds is 4. The van der Waals surface area contributed by atoms with E-state index in [1.165, 1.54) is 25.7 Å². The molecule has 33 heavy (non-hydrogen) atoms. The monoisotopic (exact) mass is 448 g/mol. The zero-order chi connectivity index (χ0) is 22.9.